The third-order valence-electron chi connectivity index (χ3n) is 4.99. The zero-order valence-corrected chi connectivity index (χ0v) is 15.4. The Morgan fingerprint density at radius 2 is 1.92 bits per heavy atom. The van der Waals surface area contributed by atoms with Crippen LogP contribution in [-0.4, -0.2) is 23.6 Å². The number of nitrogens with zero attached hydrogens (tertiary/aromatic N) is 1. The standard InChI is InChI=1S/C22H25NO2/c1-5-15-7-6-8-19(21(15)22(25)14(2)3)17-10-9-16-12-20(24)23(4)13-18(16)11-17/h6-11,14H,5,12-13H2,1-4H3. The first-order valence-corrected chi connectivity index (χ1v) is 8.94. The largest absolute Gasteiger partial charge is 0.341 e. The second-order valence-electron chi connectivity index (χ2n) is 7.12. The van der Waals surface area contributed by atoms with Gasteiger partial charge in [-0.15, -0.1) is 0 Å². The summed E-state index contributed by atoms with van der Waals surface area (Å²) in [5, 5.41) is 0. The van der Waals surface area contributed by atoms with Crippen molar-refractivity contribution in [1.29, 1.82) is 0 Å². The minimum absolute atomic E-state index is 0.0344. The van der Waals surface area contributed by atoms with Gasteiger partial charge in [0.05, 0.1) is 6.42 Å². The minimum Gasteiger partial charge on any atom is -0.341 e. The van der Waals surface area contributed by atoms with Crippen LogP contribution in [0.2, 0.25) is 0 Å². The second kappa shape index (κ2) is 6.83. The van der Waals surface area contributed by atoms with Crippen molar-refractivity contribution >= 4 is 11.7 Å². The Kier molecular flexibility index (Phi) is 4.76. The van der Waals surface area contributed by atoms with Crippen LogP contribution in [0.5, 0.6) is 0 Å². The summed E-state index contributed by atoms with van der Waals surface area (Å²) in [5.41, 5.74) is 6.27. The van der Waals surface area contributed by atoms with Crippen LogP contribution in [0, 0.1) is 5.92 Å². The molecule has 3 heteroatoms. The molecule has 2 aromatic carbocycles. The summed E-state index contributed by atoms with van der Waals surface area (Å²) in [6.07, 6.45) is 1.29. The van der Waals surface area contributed by atoms with Gasteiger partial charge in [0, 0.05) is 25.1 Å². The molecule has 0 spiro atoms. The lowest BCUT2D eigenvalue weighted by atomic mass is 9.86. The Labute approximate surface area is 149 Å². The molecule has 0 atom stereocenters. The second-order valence-corrected chi connectivity index (χ2v) is 7.12. The average molecular weight is 335 g/mol. The number of hydrogen-bond donors (Lipinski definition) is 0. The van der Waals surface area contributed by atoms with Crippen LogP contribution >= 0.6 is 0 Å². The van der Waals surface area contributed by atoms with Gasteiger partial charge in [0.2, 0.25) is 5.91 Å². The van der Waals surface area contributed by atoms with Gasteiger partial charge in [-0.25, -0.2) is 0 Å². The Balaban J connectivity index is 2.13. The van der Waals surface area contributed by atoms with Gasteiger partial charge in [-0.05, 0) is 40.3 Å². The number of benzene rings is 2. The van der Waals surface area contributed by atoms with E-state index in [-0.39, 0.29) is 17.6 Å². The van der Waals surface area contributed by atoms with Crippen LogP contribution < -0.4 is 0 Å². The Bertz CT molecular complexity index is 836. The molecule has 0 radical (unpaired) electrons. The zero-order valence-electron chi connectivity index (χ0n) is 15.4. The van der Waals surface area contributed by atoms with E-state index in [1.165, 1.54) is 5.56 Å². The maximum atomic E-state index is 12.8. The monoisotopic (exact) mass is 335 g/mol. The van der Waals surface area contributed by atoms with Gasteiger partial charge in [0.25, 0.3) is 0 Å². The fraction of sp³-hybridized carbons (Fsp3) is 0.364. The van der Waals surface area contributed by atoms with E-state index in [4.69, 9.17) is 0 Å². The van der Waals surface area contributed by atoms with Gasteiger partial charge in [0.15, 0.2) is 5.78 Å². The fourth-order valence-corrected chi connectivity index (χ4v) is 3.47. The molecule has 25 heavy (non-hydrogen) atoms. The van der Waals surface area contributed by atoms with Crippen molar-refractivity contribution in [3.63, 3.8) is 0 Å². The third-order valence-corrected chi connectivity index (χ3v) is 4.99. The number of hydrogen-bond acceptors (Lipinski definition) is 2. The lowest BCUT2D eigenvalue weighted by Crippen LogP contribution is -2.32. The number of aryl methyl sites for hydroxylation is 1. The van der Waals surface area contributed by atoms with Crippen molar-refractivity contribution in [3.05, 3.63) is 58.7 Å². The molecule has 130 valence electrons. The SMILES string of the molecule is CCc1cccc(-c2ccc3c(c2)CN(C)C(=O)C3)c1C(=O)C(C)C. The molecule has 1 amide bonds. The number of Topliss-reactive ketones (excluding diaryl/α,β-unsaturated/α-hetero) is 1. The lowest BCUT2D eigenvalue weighted by Gasteiger charge is -2.26. The quantitative estimate of drug-likeness (QED) is 0.783. The molecule has 0 saturated carbocycles. The Morgan fingerprint density at radius 1 is 1.16 bits per heavy atom. The molecule has 1 heterocycles. The van der Waals surface area contributed by atoms with Crippen LogP contribution in [0.15, 0.2) is 36.4 Å². The molecular formula is C22H25NO2. The summed E-state index contributed by atoms with van der Waals surface area (Å²) < 4.78 is 0. The molecule has 1 aliphatic rings. The summed E-state index contributed by atoms with van der Waals surface area (Å²) in [6, 6.07) is 12.3. The molecule has 0 N–H and O–H groups in total. The highest BCUT2D eigenvalue weighted by Gasteiger charge is 2.22. The Hall–Kier alpha value is -2.42. The van der Waals surface area contributed by atoms with E-state index in [1.807, 2.05) is 51.2 Å². The van der Waals surface area contributed by atoms with E-state index in [0.717, 1.165) is 34.2 Å². The van der Waals surface area contributed by atoms with Gasteiger partial charge in [-0.1, -0.05) is 51.1 Å². The van der Waals surface area contributed by atoms with E-state index in [2.05, 4.69) is 13.0 Å². The fourth-order valence-electron chi connectivity index (χ4n) is 3.47. The molecular weight excluding hydrogens is 310 g/mol. The summed E-state index contributed by atoms with van der Waals surface area (Å²) in [6.45, 7) is 6.62. The zero-order chi connectivity index (χ0) is 18.1. The van der Waals surface area contributed by atoms with Crippen molar-refractivity contribution in [1.82, 2.24) is 4.90 Å². The first-order chi connectivity index (χ1) is 11.9. The highest BCUT2D eigenvalue weighted by Crippen LogP contribution is 2.32. The summed E-state index contributed by atoms with van der Waals surface area (Å²) in [7, 11) is 1.84. The van der Waals surface area contributed by atoms with Gasteiger partial charge in [0.1, 0.15) is 0 Å². The van der Waals surface area contributed by atoms with E-state index in [1.54, 1.807) is 4.90 Å². The number of rotatable bonds is 4. The highest BCUT2D eigenvalue weighted by molar-refractivity contribution is 6.04. The summed E-state index contributed by atoms with van der Waals surface area (Å²) >= 11 is 0. The van der Waals surface area contributed by atoms with Gasteiger partial charge in [-0.2, -0.15) is 0 Å². The summed E-state index contributed by atoms with van der Waals surface area (Å²) in [4.78, 5) is 26.5. The number of ketones is 1. The first kappa shape index (κ1) is 17.4. The molecule has 3 rings (SSSR count). The van der Waals surface area contributed by atoms with Crippen molar-refractivity contribution in [2.75, 3.05) is 7.05 Å². The van der Waals surface area contributed by atoms with E-state index < -0.39 is 0 Å². The highest BCUT2D eigenvalue weighted by atomic mass is 16.2. The number of carbonyl (C=O) groups is 2. The van der Waals surface area contributed by atoms with Crippen LogP contribution in [0.4, 0.5) is 0 Å². The first-order valence-electron chi connectivity index (χ1n) is 8.94. The van der Waals surface area contributed by atoms with Crippen LogP contribution in [0.1, 0.15) is 47.8 Å². The van der Waals surface area contributed by atoms with E-state index in [0.29, 0.717) is 13.0 Å². The smallest absolute Gasteiger partial charge is 0.227 e. The maximum absolute atomic E-state index is 12.8. The van der Waals surface area contributed by atoms with Crippen molar-refractivity contribution in [2.45, 2.75) is 40.2 Å². The normalized spacial score (nSPS) is 14.0. The topological polar surface area (TPSA) is 37.4 Å². The number of likely N-dealkylation sites (N-methyl/N-ethyl adjacent to an activating group) is 1. The average Bonchev–Trinajstić information content (AvgIpc) is 2.60. The maximum Gasteiger partial charge on any atom is 0.227 e. The van der Waals surface area contributed by atoms with E-state index in [9.17, 15) is 9.59 Å². The third kappa shape index (κ3) is 3.23. The van der Waals surface area contributed by atoms with Crippen LogP contribution in [-0.2, 0) is 24.2 Å². The molecule has 0 saturated heterocycles. The van der Waals surface area contributed by atoms with Crippen LogP contribution in [0.25, 0.3) is 11.1 Å². The molecule has 0 bridgehead atoms. The van der Waals surface area contributed by atoms with Crippen molar-refractivity contribution in [2.24, 2.45) is 5.92 Å². The molecule has 0 unspecified atom stereocenters. The minimum atomic E-state index is -0.0344. The number of amides is 1. The van der Waals surface area contributed by atoms with Crippen LogP contribution in [0.3, 0.4) is 0 Å². The molecule has 2 aromatic rings. The predicted octanol–water partition coefficient (Wildman–Crippen LogP) is 4.27. The van der Waals surface area contributed by atoms with Crippen molar-refractivity contribution < 1.29 is 9.59 Å². The lowest BCUT2D eigenvalue weighted by molar-refractivity contribution is -0.130. The number of carbonyl (C=O) groups excluding carboxylic acids is 2. The van der Waals surface area contributed by atoms with Crippen molar-refractivity contribution in [3.8, 4) is 11.1 Å². The van der Waals surface area contributed by atoms with Gasteiger partial charge in [-0.3, -0.25) is 9.59 Å². The predicted molar refractivity (Wildman–Crippen MR) is 101 cm³/mol. The van der Waals surface area contributed by atoms with Gasteiger partial charge >= 0.3 is 0 Å². The Morgan fingerprint density at radius 3 is 2.60 bits per heavy atom. The molecule has 0 aromatic heterocycles. The van der Waals surface area contributed by atoms with Gasteiger partial charge < -0.3 is 4.90 Å². The summed E-state index contributed by atoms with van der Waals surface area (Å²) in [5.74, 6) is 0.314. The molecule has 0 fully saturated rings. The molecule has 0 aliphatic carbocycles. The molecule has 3 nitrogen and oxygen atoms in total. The number of fused-ring (bicyclic) bond motifs is 1. The van der Waals surface area contributed by atoms with E-state index >= 15 is 0 Å². The molecule has 1 aliphatic heterocycles.